The standard InChI is InChI=1S/C22H18FN3O3S/c1-29-18-5-3-2-4-15(18)10-24-19(27)11-26-13-25-21-20(22(26)28)17(12-30-21)14-6-8-16(23)9-7-14/h2-9,12-13H,10-11H2,1H3,(H,24,27). The molecule has 0 aliphatic rings. The van der Waals surface area contributed by atoms with Gasteiger partial charge < -0.3 is 10.1 Å². The first-order chi connectivity index (χ1) is 14.6. The fourth-order valence-electron chi connectivity index (χ4n) is 3.18. The number of carbonyl (C=O) groups excluding carboxylic acids is 1. The monoisotopic (exact) mass is 423 g/mol. The van der Waals surface area contributed by atoms with Crippen LogP contribution in [0.5, 0.6) is 5.75 Å². The molecule has 8 heteroatoms. The van der Waals surface area contributed by atoms with Gasteiger partial charge in [-0.3, -0.25) is 14.2 Å². The number of hydrogen-bond donors (Lipinski definition) is 1. The van der Waals surface area contributed by atoms with Crippen molar-refractivity contribution in [3.63, 3.8) is 0 Å². The number of fused-ring (bicyclic) bond motifs is 1. The number of para-hydroxylation sites is 1. The highest BCUT2D eigenvalue weighted by atomic mass is 32.1. The van der Waals surface area contributed by atoms with Gasteiger partial charge in [0.2, 0.25) is 5.91 Å². The van der Waals surface area contributed by atoms with Crippen molar-refractivity contribution in [1.82, 2.24) is 14.9 Å². The van der Waals surface area contributed by atoms with Gasteiger partial charge in [-0.05, 0) is 23.8 Å². The van der Waals surface area contributed by atoms with Crippen molar-refractivity contribution in [1.29, 1.82) is 0 Å². The van der Waals surface area contributed by atoms with Gasteiger partial charge in [0.1, 0.15) is 22.9 Å². The summed E-state index contributed by atoms with van der Waals surface area (Å²) >= 11 is 1.33. The average molecular weight is 423 g/mol. The van der Waals surface area contributed by atoms with Crippen LogP contribution in [0.2, 0.25) is 0 Å². The Bertz CT molecular complexity index is 1260. The van der Waals surface area contributed by atoms with Crippen molar-refractivity contribution in [2.45, 2.75) is 13.1 Å². The molecule has 1 amide bonds. The number of benzene rings is 2. The molecule has 4 rings (SSSR count). The van der Waals surface area contributed by atoms with E-state index in [-0.39, 0.29) is 30.4 Å². The topological polar surface area (TPSA) is 73.2 Å². The zero-order valence-electron chi connectivity index (χ0n) is 16.1. The van der Waals surface area contributed by atoms with Gasteiger partial charge in [0.05, 0.1) is 18.8 Å². The van der Waals surface area contributed by atoms with E-state index in [4.69, 9.17) is 4.74 Å². The van der Waals surface area contributed by atoms with Crippen LogP contribution in [0.15, 0.2) is 65.0 Å². The lowest BCUT2D eigenvalue weighted by Crippen LogP contribution is -2.32. The van der Waals surface area contributed by atoms with Crippen molar-refractivity contribution >= 4 is 27.5 Å². The zero-order valence-corrected chi connectivity index (χ0v) is 16.9. The quantitative estimate of drug-likeness (QED) is 0.514. The molecule has 0 radical (unpaired) electrons. The van der Waals surface area contributed by atoms with E-state index in [1.165, 1.54) is 34.4 Å². The lowest BCUT2D eigenvalue weighted by Gasteiger charge is -2.10. The molecule has 2 heterocycles. The summed E-state index contributed by atoms with van der Waals surface area (Å²) in [6.45, 7) is 0.127. The van der Waals surface area contributed by atoms with Crippen molar-refractivity contribution in [2.24, 2.45) is 0 Å². The maximum Gasteiger partial charge on any atom is 0.263 e. The molecule has 0 saturated heterocycles. The van der Waals surface area contributed by atoms with Crippen LogP contribution in [0.4, 0.5) is 4.39 Å². The minimum atomic E-state index is -0.347. The Kier molecular flexibility index (Phi) is 5.58. The maximum absolute atomic E-state index is 13.2. The number of thiophene rings is 1. The normalized spacial score (nSPS) is 10.9. The van der Waals surface area contributed by atoms with Gasteiger partial charge in [0.15, 0.2) is 0 Å². The molecule has 0 unspecified atom stereocenters. The Morgan fingerprint density at radius 3 is 2.73 bits per heavy atom. The van der Waals surface area contributed by atoms with E-state index in [2.05, 4.69) is 10.3 Å². The highest BCUT2D eigenvalue weighted by molar-refractivity contribution is 7.17. The summed E-state index contributed by atoms with van der Waals surface area (Å²) in [7, 11) is 1.57. The van der Waals surface area contributed by atoms with Gasteiger partial charge >= 0.3 is 0 Å². The highest BCUT2D eigenvalue weighted by Gasteiger charge is 2.15. The first kappa shape index (κ1) is 19.8. The van der Waals surface area contributed by atoms with Crippen LogP contribution in [-0.4, -0.2) is 22.6 Å². The summed E-state index contributed by atoms with van der Waals surface area (Å²) in [4.78, 5) is 30.3. The minimum Gasteiger partial charge on any atom is -0.496 e. The third-order valence-electron chi connectivity index (χ3n) is 4.70. The number of nitrogens with one attached hydrogen (secondary N) is 1. The van der Waals surface area contributed by atoms with E-state index in [1.54, 1.807) is 19.2 Å². The number of amides is 1. The lowest BCUT2D eigenvalue weighted by molar-refractivity contribution is -0.121. The van der Waals surface area contributed by atoms with Crippen molar-refractivity contribution < 1.29 is 13.9 Å². The van der Waals surface area contributed by atoms with Gasteiger partial charge in [-0.1, -0.05) is 30.3 Å². The summed E-state index contributed by atoms with van der Waals surface area (Å²) in [5.74, 6) is 0.0172. The Labute approximate surface area is 175 Å². The first-order valence-corrected chi connectivity index (χ1v) is 10.1. The second-order valence-electron chi connectivity index (χ2n) is 6.60. The van der Waals surface area contributed by atoms with E-state index < -0.39 is 0 Å². The van der Waals surface area contributed by atoms with Crippen LogP contribution < -0.4 is 15.6 Å². The highest BCUT2D eigenvalue weighted by Crippen LogP contribution is 2.30. The van der Waals surface area contributed by atoms with Crippen molar-refractivity contribution in [2.75, 3.05) is 7.11 Å². The molecule has 0 aliphatic carbocycles. The Balaban J connectivity index is 1.56. The second-order valence-corrected chi connectivity index (χ2v) is 7.46. The van der Waals surface area contributed by atoms with Crippen LogP contribution in [0.1, 0.15) is 5.56 Å². The number of rotatable bonds is 6. The van der Waals surface area contributed by atoms with Gasteiger partial charge in [-0.2, -0.15) is 0 Å². The summed E-state index contributed by atoms with van der Waals surface area (Å²) in [5.41, 5.74) is 1.93. The molecular weight excluding hydrogens is 405 g/mol. The average Bonchev–Trinajstić information content (AvgIpc) is 3.20. The van der Waals surface area contributed by atoms with E-state index >= 15 is 0 Å². The molecular formula is C22H18FN3O3S. The molecule has 2 aromatic heterocycles. The number of aromatic nitrogens is 2. The summed E-state index contributed by atoms with van der Waals surface area (Å²) in [6, 6.07) is 13.3. The van der Waals surface area contributed by atoms with E-state index in [1.807, 2.05) is 29.6 Å². The summed E-state index contributed by atoms with van der Waals surface area (Å²) in [6.07, 6.45) is 1.37. The third-order valence-corrected chi connectivity index (χ3v) is 5.58. The Morgan fingerprint density at radius 2 is 1.97 bits per heavy atom. The van der Waals surface area contributed by atoms with Crippen LogP contribution >= 0.6 is 11.3 Å². The number of nitrogens with zero attached hydrogens (tertiary/aromatic N) is 2. The molecule has 1 N–H and O–H groups in total. The molecule has 0 spiro atoms. The number of hydrogen-bond acceptors (Lipinski definition) is 5. The molecule has 0 aliphatic heterocycles. The van der Waals surface area contributed by atoms with Crippen LogP contribution in [0.3, 0.4) is 0 Å². The number of ether oxygens (including phenoxy) is 1. The number of halogens is 1. The smallest absolute Gasteiger partial charge is 0.263 e. The van der Waals surface area contributed by atoms with Gasteiger partial charge in [0.25, 0.3) is 5.56 Å². The number of carbonyl (C=O) groups is 1. The predicted molar refractivity (Wildman–Crippen MR) is 114 cm³/mol. The second kappa shape index (κ2) is 8.46. The fourth-order valence-corrected chi connectivity index (χ4v) is 4.08. The summed E-state index contributed by atoms with van der Waals surface area (Å²) in [5, 5.41) is 5.04. The fraction of sp³-hybridized carbons (Fsp3) is 0.136. The molecule has 0 bridgehead atoms. The zero-order chi connectivity index (χ0) is 21.1. The molecule has 4 aromatic rings. The largest absolute Gasteiger partial charge is 0.496 e. The Hall–Kier alpha value is -3.52. The SMILES string of the molecule is COc1ccccc1CNC(=O)Cn1cnc2scc(-c3ccc(F)cc3)c2c1=O. The van der Waals surface area contributed by atoms with Crippen LogP contribution in [0, 0.1) is 5.82 Å². The van der Waals surface area contributed by atoms with Crippen LogP contribution in [0.25, 0.3) is 21.3 Å². The van der Waals surface area contributed by atoms with Crippen molar-refractivity contribution in [3.8, 4) is 16.9 Å². The Morgan fingerprint density at radius 1 is 1.20 bits per heavy atom. The predicted octanol–water partition coefficient (Wildman–Crippen LogP) is 3.59. The first-order valence-electron chi connectivity index (χ1n) is 9.18. The van der Waals surface area contributed by atoms with Gasteiger partial charge in [-0.25, -0.2) is 9.37 Å². The maximum atomic E-state index is 13.2. The molecule has 6 nitrogen and oxygen atoms in total. The molecule has 152 valence electrons. The number of methoxy groups -OCH3 is 1. The summed E-state index contributed by atoms with van der Waals surface area (Å²) < 4.78 is 19.8. The van der Waals surface area contributed by atoms with E-state index in [0.29, 0.717) is 21.5 Å². The molecule has 0 fully saturated rings. The van der Waals surface area contributed by atoms with Crippen LogP contribution in [-0.2, 0) is 17.9 Å². The van der Waals surface area contributed by atoms with Gasteiger partial charge in [-0.15, -0.1) is 11.3 Å². The third kappa shape index (κ3) is 3.95. The molecule has 0 saturated carbocycles. The van der Waals surface area contributed by atoms with E-state index in [0.717, 1.165) is 11.1 Å². The van der Waals surface area contributed by atoms with Gasteiger partial charge in [0, 0.05) is 23.1 Å². The molecule has 2 aromatic carbocycles. The van der Waals surface area contributed by atoms with E-state index in [9.17, 15) is 14.0 Å². The lowest BCUT2D eigenvalue weighted by atomic mass is 10.1. The molecule has 30 heavy (non-hydrogen) atoms. The minimum absolute atomic E-state index is 0.157. The molecule has 0 atom stereocenters. The van der Waals surface area contributed by atoms with Crippen molar-refractivity contribution in [3.05, 3.63) is 82.0 Å².